The lowest BCUT2D eigenvalue weighted by atomic mass is 9.59. The molecule has 0 radical (unpaired) electrons. The molecule has 4 atom stereocenters. The number of halogens is 4. The van der Waals surface area contributed by atoms with E-state index < -0.39 is 53.2 Å². The zero-order valence-corrected chi connectivity index (χ0v) is 24.9. The van der Waals surface area contributed by atoms with Crippen LogP contribution in [-0.4, -0.2) is 58.7 Å². The van der Waals surface area contributed by atoms with Crippen LogP contribution in [0.4, 0.5) is 19.0 Å². The number of nitrogens with zero attached hydrogens (tertiary/aromatic N) is 3. The van der Waals surface area contributed by atoms with Crippen molar-refractivity contribution < 1.29 is 42.2 Å². The van der Waals surface area contributed by atoms with Crippen LogP contribution in [0.15, 0.2) is 70.8 Å². The van der Waals surface area contributed by atoms with Gasteiger partial charge in [0.1, 0.15) is 18.1 Å². The van der Waals surface area contributed by atoms with E-state index in [4.69, 9.17) is 21.4 Å². The molecule has 0 saturated carbocycles. The third kappa shape index (κ3) is 5.05. The van der Waals surface area contributed by atoms with Gasteiger partial charge in [0.05, 0.1) is 23.5 Å². The summed E-state index contributed by atoms with van der Waals surface area (Å²) in [6.07, 6.45) is -1.45. The molecule has 3 aliphatic carbocycles. The molecule has 45 heavy (non-hydrogen) atoms. The molecule has 9 nitrogen and oxygen atoms in total. The lowest BCUT2D eigenvalue weighted by Crippen LogP contribution is -2.46. The molecule has 4 unspecified atom stereocenters. The minimum absolute atomic E-state index is 0.0470. The van der Waals surface area contributed by atoms with E-state index in [9.17, 15) is 32.3 Å². The fraction of sp³-hybridized carbons (Fsp3) is 0.344. The number of alkyl halides is 3. The maximum atomic E-state index is 14.1. The number of anilines is 1. The summed E-state index contributed by atoms with van der Waals surface area (Å²) < 4.78 is 45.8. The molecule has 1 aliphatic heterocycles. The summed E-state index contributed by atoms with van der Waals surface area (Å²) >= 11 is 6.19. The molecule has 1 aromatic carbocycles. The quantitative estimate of drug-likeness (QED) is 0.276. The summed E-state index contributed by atoms with van der Waals surface area (Å²) in [6, 6.07) is 8.59. The van der Waals surface area contributed by atoms with Gasteiger partial charge in [0.15, 0.2) is 17.4 Å². The average Bonchev–Trinajstić information content (AvgIpc) is 3.26. The molecule has 1 aromatic heterocycles. The highest BCUT2D eigenvalue weighted by atomic mass is 35.5. The maximum absolute atomic E-state index is 14.1. The van der Waals surface area contributed by atoms with Crippen LogP contribution < -0.4 is 9.75 Å². The van der Waals surface area contributed by atoms with E-state index in [-0.39, 0.29) is 53.8 Å². The molecule has 234 valence electrons. The maximum Gasteiger partial charge on any atom is 0.433 e. The molecular formula is C32H27ClF3N3O6. The molecular weight excluding hydrogens is 615 g/mol. The van der Waals surface area contributed by atoms with Crippen LogP contribution in [0.3, 0.4) is 0 Å². The van der Waals surface area contributed by atoms with Crippen LogP contribution in [0.25, 0.3) is 0 Å². The minimum atomic E-state index is -4.78. The number of aliphatic hydroxyl groups excluding tert-OH is 1. The van der Waals surface area contributed by atoms with Crippen LogP contribution in [-0.2, 0) is 25.4 Å². The molecule has 0 bridgehead atoms. The number of imide groups is 1. The second-order valence-corrected chi connectivity index (χ2v) is 11.8. The van der Waals surface area contributed by atoms with Gasteiger partial charge >= 0.3 is 6.18 Å². The molecule has 2 amide bonds. The standard InChI is InChI=1S/C32H27ClF3N3O6/c1-15-13-23(41)27-21(28(15)42)14-20-18(25(27)16-3-5-17(6-4-16)45-12-11-40)7-8-19-26(20)31(44)39(30(19)43)38(2)29-22(33)9-10-24(37-29)32(34,35)36/h3-7,9-10,13,19-20,25-26,40H,8,11-12,14H2,1-2H3. The summed E-state index contributed by atoms with van der Waals surface area (Å²) in [5.41, 5.74) is 1.03. The Bertz CT molecular complexity index is 1730. The van der Waals surface area contributed by atoms with Crippen molar-refractivity contribution in [2.45, 2.75) is 31.9 Å². The van der Waals surface area contributed by atoms with Crippen molar-refractivity contribution in [3.05, 3.63) is 87.1 Å². The number of rotatable bonds is 6. The Kier molecular flexibility index (Phi) is 7.68. The highest BCUT2D eigenvalue weighted by Gasteiger charge is 2.57. The SMILES string of the molecule is CC1=CC(=O)C2=C(CC3C(=CCC4C(=O)N(N(C)c5nc(C(F)(F)F)ccc5Cl)C(=O)C43)C2c2ccc(OCCO)cc2)C1=O. The predicted molar refractivity (Wildman–Crippen MR) is 155 cm³/mol. The Morgan fingerprint density at radius 1 is 1.07 bits per heavy atom. The minimum Gasteiger partial charge on any atom is -0.491 e. The summed E-state index contributed by atoms with van der Waals surface area (Å²) in [6.45, 7) is 1.47. The molecule has 2 heterocycles. The van der Waals surface area contributed by atoms with Gasteiger partial charge < -0.3 is 9.84 Å². The Balaban J connectivity index is 1.40. The molecule has 4 aliphatic rings. The van der Waals surface area contributed by atoms with E-state index in [1.54, 1.807) is 31.2 Å². The smallest absolute Gasteiger partial charge is 0.433 e. The van der Waals surface area contributed by atoms with Gasteiger partial charge in [-0.2, -0.15) is 18.2 Å². The number of aromatic nitrogens is 1. The van der Waals surface area contributed by atoms with Crippen molar-refractivity contribution in [3.63, 3.8) is 0 Å². The number of benzene rings is 1. The van der Waals surface area contributed by atoms with Crippen LogP contribution in [0.1, 0.15) is 36.9 Å². The number of carbonyl (C=O) groups is 4. The topological polar surface area (TPSA) is 117 Å². The number of hydrazine groups is 1. The van der Waals surface area contributed by atoms with Crippen LogP contribution in [0, 0.1) is 17.8 Å². The third-order valence-corrected chi connectivity index (χ3v) is 9.13. The lowest BCUT2D eigenvalue weighted by Gasteiger charge is -2.42. The first-order valence-electron chi connectivity index (χ1n) is 14.2. The number of carbonyl (C=O) groups excluding carboxylic acids is 4. The van der Waals surface area contributed by atoms with Gasteiger partial charge in [0.2, 0.25) is 0 Å². The Morgan fingerprint density at radius 2 is 1.78 bits per heavy atom. The molecule has 13 heteroatoms. The second kappa shape index (κ2) is 11.3. The monoisotopic (exact) mass is 641 g/mol. The average molecular weight is 642 g/mol. The van der Waals surface area contributed by atoms with Crippen LogP contribution in [0.2, 0.25) is 5.02 Å². The van der Waals surface area contributed by atoms with Gasteiger partial charge in [-0.05, 0) is 61.6 Å². The second-order valence-electron chi connectivity index (χ2n) is 11.4. The molecule has 1 N–H and O–H groups in total. The molecule has 2 aromatic rings. The van der Waals surface area contributed by atoms with E-state index in [0.717, 1.165) is 16.1 Å². The number of ketones is 2. The van der Waals surface area contributed by atoms with Crippen molar-refractivity contribution in [3.8, 4) is 5.75 Å². The Labute approximate surface area is 260 Å². The third-order valence-electron chi connectivity index (χ3n) is 8.84. The first-order chi connectivity index (χ1) is 21.3. The molecule has 1 fully saturated rings. The highest BCUT2D eigenvalue weighted by Crippen LogP contribution is 2.55. The molecule has 6 rings (SSSR count). The highest BCUT2D eigenvalue weighted by molar-refractivity contribution is 6.33. The largest absolute Gasteiger partial charge is 0.491 e. The van der Waals surface area contributed by atoms with Crippen molar-refractivity contribution in [2.75, 3.05) is 25.3 Å². The number of hydrogen-bond donors (Lipinski definition) is 1. The number of amides is 2. The number of aliphatic hydroxyl groups is 1. The summed E-state index contributed by atoms with van der Waals surface area (Å²) in [5, 5.41) is 10.6. The number of allylic oxidation sites excluding steroid dienone is 6. The van der Waals surface area contributed by atoms with Gasteiger partial charge in [-0.3, -0.25) is 24.2 Å². The summed E-state index contributed by atoms with van der Waals surface area (Å²) in [4.78, 5) is 58.3. The van der Waals surface area contributed by atoms with Gasteiger partial charge in [-0.15, -0.1) is 0 Å². The van der Waals surface area contributed by atoms with Crippen LogP contribution in [0.5, 0.6) is 5.75 Å². The number of Topliss-reactive ketones (excluding diaryl/α,β-unsaturated/α-hetero) is 1. The molecule has 1 saturated heterocycles. The van der Waals surface area contributed by atoms with Crippen LogP contribution >= 0.6 is 11.6 Å². The van der Waals surface area contributed by atoms with Gasteiger partial charge in [0, 0.05) is 29.7 Å². The van der Waals surface area contributed by atoms with E-state index in [1.807, 2.05) is 6.08 Å². The van der Waals surface area contributed by atoms with Crippen molar-refractivity contribution >= 4 is 40.8 Å². The zero-order valence-electron chi connectivity index (χ0n) is 24.1. The van der Waals surface area contributed by atoms with Gasteiger partial charge in [0.25, 0.3) is 11.8 Å². The number of fused-ring (bicyclic) bond motifs is 3. The summed E-state index contributed by atoms with van der Waals surface area (Å²) in [5.74, 6) is -4.93. The first kappa shape index (κ1) is 30.7. The zero-order chi connectivity index (χ0) is 32.4. The number of hydrogen-bond acceptors (Lipinski definition) is 8. The molecule has 0 spiro atoms. The fourth-order valence-electron chi connectivity index (χ4n) is 6.87. The van der Waals surface area contributed by atoms with E-state index in [1.165, 1.54) is 13.1 Å². The number of ether oxygens (including phenoxy) is 1. The van der Waals surface area contributed by atoms with Gasteiger partial charge in [-0.1, -0.05) is 35.4 Å². The summed E-state index contributed by atoms with van der Waals surface area (Å²) in [7, 11) is 1.25. The fourth-order valence-corrected chi connectivity index (χ4v) is 7.10. The lowest BCUT2D eigenvalue weighted by molar-refractivity contribution is -0.141. The first-order valence-corrected chi connectivity index (χ1v) is 14.6. The number of pyridine rings is 1. The van der Waals surface area contributed by atoms with Crippen molar-refractivity contribution in [1.82, 2.24) is 9.99 Å². The Hall–Kier alpha value is -4.29. The van der Waals surface area contributed by atoms with E-state index in [0.29, 0.717) is 28.5 Å². The van der Waals surface area contributed by atoms with Gasteiger partial charge in [-0.25, -0.2) is 4.98 Å². The predicted octanol–water partition coefficient (Wildman–Crippen LogP) is 4.61. The van der Waals surface area contributed by atoms with Crippen molar-refractivity contribution in [1.29, 1.82) is 0 Å². The van der Waals surface area contributed by atoms with Crippen molar-refractivity contribution in [2.24, 2.45) is 17.8 Å². The Morgan fingerprint density at radius 3 is 2.44 bits per heavy atom. The normalized spacial score (nSPS) is 24.6. The van der Waals surface area contributed by atoms with E-state index in [2.05, 4.69) is 4.98 Å². The van der Waals surface area contributed by atoms with E-state index >= 15 is 0 Å².